The minimum atomic E-state index is -0.520. The summed E-state index contributed by atoms with van der Waals surface area (Å²) in [5, 5.41) is 20.8. The fraction of sp³-hybridized carbons (Fsp3) is 0.333. The molecule has 19 heavy (non-hydrogen) atoms. The number of rotatable bonds is 4. The number of likely N-dealkylation sites (N-methyl/N-ethyl adjacent to an activating group) is 1. The van der Waals surface area contributed by atoms with Gasteiger partial charge >= 0.3 is 0 Å². The molecule has 2 rings (SSSR count). The summed E-state index contributed by atoms with van der Waals surface area (Å²) in [4.78, 5) is 20.3. The lowest BCUT2D eigenvalue weighted by atomic mass is 10.2. The number of nitro benzene ring substituents is 1. The fourth-order valence-corrected chi connectivity index (χ4v) is 1.93. The molecule has 1 unspecified atom stereocenters. The second-order valence-corrected chi connectivity index (χ2v) is 4.39. The lowest BCUT2D eigenvalue weighted by Crippen LogP contribution is -2.27. The summed E-state index contributed by atoms with van der Waals surface area (Å²) in [7, 11) is 1.77. The standard InChI is InChI=1S/C12H14N4O3/c1-8(17)6-15(2)12-10-5-9(16(18)19)3-4-11(10)13-7-14-12/h3-5,7-8,17H,6H2,1-2H3. The van der Waals surface area contributed by atoms with Gasteiger partial charge in [-0.25, -0.2) is 9.97 Å². The molecule has 1 aromatic carbocycles. The summed E-state index contributed by atoms with van der Waals surface area (Å²) in [5.41, 5.74) is 0.627. The van der Waals surface area contributed by atoms with E-state index in [4.69, 9.17) is 0 Å². The molecule has 1 atom stereocenters. The Hall–Kier alpha value is -2.28. The van der Waals surface area contributed by atoms with Crippen molar-refractivity contribution in [2.45, 2.75) is 13.0 Å². The summed E-state index contributed by atoms with van der Waals surface area (Å²) >= 11 is 0. The zero-order valence-electron chi connectivity index (χ0n) is 10.6. The van der Waals surface area contributed by atoms with E-state index in [1.807, 2.05) is 0 Å². The predicted octanol–water partition coefficient (Wildman–Crippen LogP) is 1.35. The summed E-state index contributed by atoms with van der Waals surface area (Å²) in [6.07, 6.45) is 0.885. The third-order valence-corrected chi connectivity index (χ3v) is 2.71. The number of fused-ring (bicyclic) bond motifs is 1. The maximum atomic E-state index is 10.8. The number of hydrogen-bond donors (Lipinski definition) is 1. The average Bonchev–Trinajstić information content (AvgIpc) is 2.36. The second-order valence-electron chi connectivity index (χ2n) is 4.39. The number of hydrogen-bond acceptors (Lipinski definition) is 6. The number of aliphatic hydroxyl groups is 1. The lowest BCUT2D eigenvalue weighted by Gasteiger charge is -2.20. The smallest absolute Gasteiger partial charge is 0.270 e. The normalized spacial score (nSPS) is 12.4. The van der Waals surface area contributed by atoms with Gasteiger partial charge in [0.25, 0.3) is 5.69 Å². The minimum Gasteiger partial charge on any atom is -0.392 e. The van der Waals surface area contributed by atoms with Crippen LogP contribution in [0.3, 0.4) is 0 Å². The van der Waals surface area contributed by atoms with E-state index in [1.54, 1.807) is 24.9 Å². The van der Waals surface area contributed by atoms with Crippen molar-refractivity contribution >= 4 is 22.4 Å². The highest BCUT2D eigenvalue weighted by Gasteiger charge is 2.14. The van der Waals surface area contributed by atoms with Crippen LogP contribution in [-0.4, -0.2) is 39.7 Å². The molecule has 0 aliphatic carbocycles. The van der Waals surface area contributed by atoms with E-state index in [1.165, 1.54) is 18.5 Å². The van der Waals surface area contributed by atoms with Gasteiger partial charge in [-0.05, 0) is 13.0 Å². The molecule has 0 amide bonds. The number of non-ortho nitro benzene ring substituents is 1. The van der Waals surface area contributed by atoms with Crippen LogP contribution in [0.25, 0.3) is 10.9 Å². The van der Waals surface area contributed by atoms with Gasteiger partial charge in [0.05, 0.1) is 16.5 Å². The zero-order chi connectivity index (χ0) is 14.0. The predicted molar refractivity (Wildman–Crippen MR) is 71.1 cm³/mol. The van der Waals surface area contributed by atoms with Crippen LogP contribution < -0.4 is 4.90 Å². The molecule has 1 heterocycles. The van der Waals surface area contributed by atoms with Gasteiger partial charge in [0.2, 0.25) is 0 Å². The Morgan fingerprint density at radius 3 is 2.84 bits per heavy atom. The number of nitro groups is 1. The van der Waals surface area contributed by atoms with Crippen molar-refractivity contribution < 1.29 is 10.0 Å². The van der Waals surface area contributed by atoms with E-state index < -0.39 is 11.0 Å². The van der Waals surface area contributed by atoms with Gasteiger partial charge < -0.3 is 10.0 Å². The van der Waals surface area contributed by atoms with Gasteiger partial charge in [-0.2, -0.15) is 0 Å². The fourth-order valence-electron chi connectivity index (χ4n) is 1.93. The first-order valence-electron chi connectivity index (χ1n) is 5.77. The highest BCUT2D eigenvalue weighted by molar-refractivity contribution is 5.90. The van der Waals surface area contributed by atoms with Crippen LogP contribution in [0.1, 0.15) is 6.92 Å². The topological polar surface area (TPSA) is 92.4 Å². The molecule has 0 radical (unpaired) electrons. The maximum absolute atomic E-state index is 10.8. The summed E-state index contributed by atoms with van der Waals surface area (Å²) < 4.78 is 0. The van der Waals surface area contributed by atoms with Crippen molar-refractivity contribution in [3.8, 4) is 0 Å². The van der Waals surface area contributed by atoms with E-state index in [2.05, 4.69) is 9.97 Å². The Morgan fingerprint density at radius 2 is 2.21 bits per heavy atom. The van der Waals surface area contributed by atoms with Crippen LogP contribution >= 0.6 is 0 Å². The molecule has 0 aliphatic heterocycles. The largest absolute Gasteiger partial charge is 0.392 e. The van der Waals surface area contributed by atoms with E-state index >= 15 is 0 Å². The Bertz CT molecular complexity index is 615. The Morgan fingerprint density at radius 1 is 1.47 bits per heavy atom. The number of anilines is 1. The highest BCUT2D eigenvalue weighted by Crippen LogP contribution is 2.26. The lowest BCUT2D eigenvalue weighted by molar-refractivity contribution is -0.384. The SMILES string of the molecule is CC(O)CN(C)c1ncnc2ccc([N+](=O)[O-])cc12. The Balaban J connectivity index is 2.53. The van der Waals surface area contributed by atoms with Gasteiger partial charge in [0.15, 0.2) is 0 Å². The summed E-state index contributed by atoms with van der Waals surface area (Å²) in [6.45, 7) is 2.05. The van der Waals surface area contributed by atoms with Crippen molar-refractivity contribution in [1.29, 1.82) is 0 Å². The molecule has 0 aliphatic rings. The molecular formula is C12H14N4O3. The van der Waals surface area contributed by atoms with E-state index in [0.717, 1.165) is 0 Å². The van der Waals surface area contributed by atoms with Crippen molar-refractivity contribution in [3.05, 3.63) is 34.6 Å². The Kier molecular flexibility index (Phi) is 3.57. The highest BCUT2D eigenvalue weighted by atomic mass is 16.6. The van der Waals surface area contributed by atoms with Crippen LogP contribution in [0.2, 0.25) is 0 Å². The minimum absolute atomic E-state index is 0.00556. The second kappa shape index (κ2) is 5.15. The van der Waals surface area contributed by atoms with Gasteiger partial charge in [0, 0.05) is 31.1 Å². The maximum Gasteiger partial charge on any atom is 0.270 e. The van der Waals surface area contributed by atoms with Crippen molar-refractivity contribution in [3.63, 3.8) is 0 Å². The first-order chi connectivity index (χ1) is 8.99. The molecule has 7 heteroatoms. The van der Waals surface area contributed by atoms with E-state index in [-0.39, 0.29) is 5.69 Å². The Labute approximate surface area is 109 Å². The summed E-state index contributed by atoms with van der Waals surface area (Å²) in [6, 6.07) is 4.45. The molecule has 7 nitrogen and oxygen atoms in total. The molecular weight excluding hydrogens is 248 g/mol. The third-order valence-electron chi connectivity index (χ3n) is 2.71. The molecule has 1 aromatic heterocycles. The van der Waals surface area contributed by atoms with Gasteiger partial charge in [-0.1, -0.05) is 0 Å². The zero-order valence-corrected chi connectivity index (χ0v) is 10.6. The van der Waals surface area contributed by atoms with Crippen LogP contribution in [0.15, 0.2) is 24.5 Å². The van der Waals surface area contributed by atoms with Gasteiger partial charge in [-0.15, -0.1) is 0 Å². The van der Waals surface area contributed by atoms with E-state index in [0.29, 0.717) is 23.3 Å². The molecule has 0 saturated heterocycles. The van der Waals surface area contributed by atoms with Crippen LogP contribution in [-0.2, 0) is 0 Å². The molecule has 0 fully saturated rings. The monoisotopic (exact) mass is 262 g/mol. The number of aliphatic hydroxyl groups excluding tert-OH is 1. The first-order valence-corrected chi connectivity index (χ1v) is 5.77. The van der Waals surface area contributed by atoms with Crippen LogP contribution in [0.4, 0.5) is 11.5 Å². The van der Waals surface area contributed by atoms with E-state index in [9.17, 15) is 15.2 Å². The van der Waals surface area contributed by atoms with Crippen molar-refractivity contribution in [1.82, 2.24) is 9.97 Å². The van der Waals surface area contributed by atoms with Crippen molar-refractivity contribution in [2.24, 2.45) is 0 Å². The molecule has 2 aromatic rings. The quantitative estimate of drug-likeness (QED) is 0.660. The number of nitrogens with zero attached hydrogens (tertiary/aromatic N) is 4. The molecule has 0 saturated carbocycles. The molecule has 100 valence electrons. The molecule has 0 bridgehead atoms. The van der Waals surface area contributed by atoms with Gasteiger partial charge in [-0.3, -0.25) is 10.1 Å². The number of aromatic nitrogens is 2. The molecule has 0 spiro atoms. The average molecular weight is 262 g/mol. The number of benzene rings is 1. The van der Waals surface area contributed by atoms with Crippen LogP contribution in [0.5, 0.6) is 0 Å². The van der Waals surface area contributed by atoms with Crippen LogP contribution in [0, 0.1) is 10.1 Å². The molecule has 1 N–H and O–H groups in total. The van der Waals surface area contributed by atoms with Gasteiger partial charge in [0.1, 0.15) is 12.1 Å². The first kappa shape index (κ1) is 13.2. The van der Waals surface area contributed by atoms with Crippen molar-refractivity contribution in [2.75, 3.05) is 18.5 Å². The third kappa shape index (κ3) is 2.76. The summed E-state index contributed by atoms with van der Waals surface area (Å²) in [5.74, 6) is 0.564.